The summed E-state index contributed by atoms with van der Waals surface area (Å²) >= 11 is 0.125. The molecule has 1 saturated carbocycles. The molecule has 1 aliphatic carbocycles. The predicted molar refractivity (Wildman–Crippen MR) is 39.4 cm³/mol. The van der Waals surface area contributed by atoms with E-state index in [1.54, 1.807) is 0 Å². The molecule has 0 nitrogen and oxygen atoms in total. The molecule has 52 valence electrons. The Hall–Kier alpha value is 0.623. The molecule has 1 fully saturated rings. The molecule has 0 atom stereocenters. The van der Waals surface area contributed by atoms with Crippen molar-refractivity contribution in [1.82, 2.24) is 0 Å². The summed E-state index contributed by atoms with van der Waals surface area (Å²) in [6.07, 6.45) is 9.00. The van der Waals surface area contributed by atoms with E-state index in [2.05, 4.69) is 11.0 Å². The van der Waals surface area contributed by atoms with Crippen molar-refractivity contribution in [3.8, 4) is 0 Å². The summed E-state index contributed by atoms with van der Waals surface area (Å²) in [6.45, 7) is 0. The van der Waals surface area contributed by atoms with Crippen LogP contribution in [0.25, 0.3) is 0 Å². The van der Waals surface area contributed by atoms with Gasteiger partial charge in [-0.15, -0.1) is 0 Å². The van der Waals surface area contributed by atoms with Crippen LogP contribution in [0.4, 0.5) is 0 Å². The standard InChI is InChI=1S/C6H12.2CH3.Zn/c1-2-4-6-5-3-1;;;/h1-6H2;2*1H3;. The van der Waals surface area contributed by atoms with Gasteiger partial charge in [-0.3, -0.25) is 0 Å². The topological polar surface area (TPSA) is 0 Å². The Kier molecular flexibility index (Phi) is 9.22. The van der Waals surface area contributed by atoms with E-state index in [9.17, 15) is 0 Å². The maximum atomic E-state index is 2.31. The third-order valence-corrected chi connectivity index (χ3v) is 1.50. The summed E-state index contributed by atoms with van der Waals surface area (Å²) in [6, 6.07) is 0. The predicted octanol–water partition coefficient (Wildman–Crippen LogP) is 3.51. The van der Waals surface area contributed by atoms with Gasteiger partial charge in [-0.05, 0) is 0 Å². The van der Waals surface area contributed by atoms with E-state index >= 15 is 0 Å². The minimum absolute atomic E-state index is 0.125. The van der Waals surface area contributed by atoms with Gasteiger partial charge in [-0.25, -0.2) is 0 Å². The second kappa shape index (κ2) is 8.62. The number of rotatable bonds is 0. The summed E-state index contributed by atoms with van der Waals surface area (Å²) in [4.78, 5) is 0. The van der Waals surface area contributed by atoms with Crippen LogP contribution in [-0.4, -0.2) is 0 Å². The molecule has 0 spiro atoms. The molecule has 1 rings (SSSR count). The third-order valence-electron chi connectivity index (χ3n) is 1.50. The zero-order valence-corrected chi connectivity index (χ0v) is 9.92. The summed E-state index contributed by atoms with van der Waals surface area (Å²) in [7, 11) is 0. The Morgan fingerprint density at radius 1 is 0.667 bits per heavy atom. The van der Waals surface area contributed by atoms with E-state index in [-0.39, 0.29) is 17.1 Å². The van der Waals surface area contributed by atoms with E-state index in [0.29, 0.717) is 0 Å². The molecule has 0 heterocycles. The van der Waals surface area contributed by atoms with Crippen molar-refractivity contribution in [2.24, 2.45) is 0 Å². The van der Waals surface area contributed by atoms with Crippen molar-refractivity contribution in [2.75, 3.05) is 0 Å². The Bertz CT molecular complexity index is 28.3. The molecule has 0 unspecified atom stereocenters. The van der Waals surface area contributed by atoms with Gasteiger partial charge in [0.1, 0.15) is 0 Å². The van der Waals surface area contributed by atoms with Crippen LogP contribution in [0.1, 0.15) is 38.5 Å². The van der Waals surface area contributed by atoms with Crippen molar-refractivity contribution < 1.29 is 17.1 Å². The Balaban J connectivity index is 0.000000187. The van der Waals surface area contributed by atoms with Gasteiger partial charge in [0.15, 0.2) is 0 Å². The van der Waals surface area contributed by atoms with E-state index in [0.717, 1.165) is 0 Å². The van der Waals surface area contributed by atoms with Crippen molar-refractivity contribution in [3.63, 3.8) is 0 Å². The minimum atomic E-state index is 0.125. The molecule has 0 N–H and O–H groups in total. The Morgan fingerprint density at radius 3 is 0.889 bits per heavy atom. The fraction of sp³-hybridized carbons (Fsp3) is 1.00. The van der Waals surface area contributed by atoms with Crippen molar-refractivity contribution in [1.29, 1.82) is 0 Å². The maximum absolute atomic E-state index is 2.31. The summed E-state index contributed by atoms with van der Waals surface area (Å²) in [5.74, 6) is 0. The van der Waals surface area contributed by atoms with Gasteiger partial charge in [-0.1, -0.05) is 38.5 Å². The van der Waals surface area contributed by atoms with Crippen LogP contribution in [-0.2, 0) is 17.1 Å². The summed E-state index contributed by atoms with van der Waals surface area (Å²) < 4.78 is 0. The average molecular weight is 180 g/mol. The first-order valence-corrected chi connectivity index (χ1v) is 10.3. The molecule has 0 bridgehead atoms. The summed E-state index contributed by atoms with van der Waals surface area (Å²) in [5, 5.41) is 0. The average Bonchev–Trinajstić information content (AvgIpc) is 1.93. The van der Waals surface area contributed by atoms with Crippen LogP contribution in [0.2, 0.25) is 11.0 Å². The Labute approximate surface area is 67.0 Å². The zero-order valence-electron chi connectivity index (χ0n) is 6.95. The molecule has 0 amide bonds. The zero-order chi connectivity index (χ0) is 6.95. The van der Waals surface area contributed by atoms with E-state index in [4.69, 9.17) is 0 Å². The number of hydrogen-bond acceptors (Lipinski definition) is 0. The van der Waals surface area contributed by atoms with Gasteiger partial charge >= 0.3 is 28.2 Å². The summed E-state index contributed by atoms with van der Waals surface area (Å²) in [5.41, 5.74) is 4.62. The molecular weight excluding hydrogens is 161 g/mol. The van der Waals surface area contributed by atoms with Crippen LogP contribution in [0.5, 0.6) is 0 Å². The van der Waals surface area contributed by atoms with Gasteiger partial charge in [0.2, 0.25) is 0 Å². The monoisotopic (exact) mass is 178 g/mol. The van der Waals surface area contributed by atoms with Gasteiger partial charge in [0, 0.05) is 0 Å². The first-order valence-electron chi connectivity index (χ1n) is 4.41. The van der Waals surface area contributed by atoms with E-state index in [1.165, 1.54) is 38.5 Å². The second-order valence-electron chi connectivity index (χ2n) is 2.83. The molecule has 0 aromatic carbocycles. The van der Waals surface area contributed by atoms with Gasteiger partial charge in [0.05, 0.1) is 0 Å². The third kappa shape index (κ3) is 8.62. The molecule has 0 aliphatic heterocycles. The molecule has 0 aromatic rings. The van der Waals surface area contributed by atoms with E-state index in [1.807, 2.05) is 0 Å². The van der Waals surface area contributed by atoms with Crippen molar-refractivity contribution in [3.05, 3.63) is 0 Å². The number of hydrogen-bond donors (Lipinski definition) is 0. The van der Waals surface area contributed by atoms with E-state index < -0.39 is 0 Å². The molecule has 9 heavy (non-hydrogen) atoms. The van der Waals surface area contributed by atoms with Crippen LogP contribution in [0, 0.1) is 0 Å². The van der Waals surface area contributed by atoms with Crippen LogP contribution < -0.4 is 0 Å². The van der Waals surface area contributed by atoms with Crippen LogP contribution >= 0.6 is 0 Å². The first-order chi connectivity index (χ1) is 4.41. The molecule has 0 aromatic heterocycles. The fourth-order valence-corrected chi connectivity index (χ4v) is 1.06. The first kappa shape index (κ1) is 9.62. The van der Waals surface area contributed by atoms with Crippen LogP contribution in [0.3, 0.4) is 0 Å². The normalized spacial score (nSPS) is 17.1. The second-order valence-corrected chi connectivity index (χ2v) is 5.80. The SMILES string of the molecule is C1CCCCC1.[CH3][Zn][CH3]. The molecule has 0 saturated heterocycles. The Morgan fingerprint density at radius 2 is 0.778 bits per heavy atom. The van der Waals surface area contributed by atoms with Gasteiger partial charge in [0.25, 0.3) is 0 Å². The molecular formula is C8H18Zn. The van der Waals surface area contributed by atoms with Crippen molar-refractivity contribution >= 4 is 0 Å². The molecule has 1 heteroatoms. The fourth-order valence-electron chi connectivity index (χ4n) is 1.06. The van der Waals surface area contributed by atoms with Crippen LogP contribution in [0.15, 0.2) is 0 Å². The van der Waals surface area contributed by atoms with Crippen molar-refractivity contribution in [2.45, 2.75) is 49.6 Å². The van der Waals surface area contributed by atoms with Gasteiger partial charge in [-0.2, -0.15) is 0 Å². The molecule has 0 radical (unpaired) electrons. The quantitative estimate of drug-likeness (QED) is 0.500. The van der Waals surface area contributed by atoms with Gasteiger partial charge < -0.3 is 0 Å². The molecule has 1 aliphatic rings.